The summed E-state index contributed by atoms with van der Waals surface area (Å²) in [5, 5.41) is 8.23. The van der Waals surface area contributed by atoms with Gasteiger partial charge in [0.1, 0.15) is 0 Å². The Bertz CT molecular complexity index is 786. The van der Waals surface area contributed by atoms with Crippen molar-refractivity contribution in [3.63, 3.8) is 0 Å². The van der Waals surface area contributed by atoms with E-state index in [1.54, 1.807) is 11.3 Å². The molecule has 2 aromatic rings. The number of nitrogens with zero attached hydrogens (tertiary/aromatic N) is 3. The highest BCUT2D eigenvalue weighted by molar-refractivity contribution is 7.11. The fourth-order valence-corrected chi connectivity index (χ4v) is 4.92. The standard InChI is InChI=1S/C23H35N5S/c1-5-24-23(25-13-11-22-18(3)26-19(4)29-22)27-21-12-14-28(17(2)15-21)16-20-9-7-6-8-10-20/h6-10,17,21H,5,11-16H2,1-4H3,(H2,24,25,27). The zero-order chi connectivity index (χ0) is 20.6. The van der Waals surface area contributed by atoms with Crippen LogP contribution < -0.4 is 10.6 Å². The van der Waals surface area contributed by atoms with Gasteiger partial charge in [0.25, 0.3) is 0 Å². The molecule has 2 N–H and O–H groups in total. The smallest absolute Gasteiger partial charge is 0.191 e. The van der Waals surface area contributed by atoms with E-state index in [0.29, 0.717) is 12.1 Å². The van der Waals surface area contributed by atoms with Gasteiger partial charge in [-0.25, -0.2) is 4.98 Å². The minimum Gasteiger partial charge on any atom is -0.357 e. The van der Waals surface area contributed by atoms with Crippen LogP contribution in [0, 0.1) is 13.8 Å². The van der Waals surface area contributed by atoms with Gasteiger partial charge < -0.3 is 10.6 Å². The van der Waals surface area contributed by atoms with Crippen molar-refractivity contribution in [3.8, 4) is 0 Å². The fourth-order valence-electron chi connectivity index (χ4n) is 3.99. The Morgan fingerprint density at radius 1 is 1.28 bits per heavy atom. The molecule has 6 heteroatoms. The monoisotopic (exact) mass is 413 g/mol. The maximum atomic E-state index is 4.82. The molecule has 0 amide bonds. The first-order valence-electron chi connectivity index (χ1n) is 10.8. The molecular formula is C23H35N5S. The maximum Gasteiger partial charge on any atom is 0.191 e. The van der Waals surface area contributed by atoms with Crippen molar-refractivity contribution in [1.82, 2.24) is 20.5 Å². The summed E-state index contributed by atoms with van der Waals surface area (Å²) in [5.41, 5.74) is 2.55. The normalized spacial score (nSPS) is 20.6. The quantitative estimate of drug-likeness (QED) is 0.534. The van der Waals surface area contributed by atoms with Crippen molar-refractivity contribution in [2.45, 2.75) is 65.6 Å². The number of guanidine groups is 1. The summed E-state index contributed by atoms with van der Waals surface area (Å²) in [7, 11) is 0. The number of aromatic nitrogens is 1. The summed E-state index contributed by atoms with van der Waals surface area (Å²) >= 11 is 1.79. The summed E-state index contributed by atoms with van der Waals surface area (Å²) < 4.78 is 0. The molecule has 29 heavy (non-hydrogen) atoms. The summed E-state index contributed by atoms with van der Waals surface area (Å²) in [6, 6.07) is 11.8. The van der Waals surface area contributed by atoms with Crippen LogP contribution in [0.4, 0.5) is 0 Å². The summed E-state index contributed by atoms with van der Waals surface area (Å²) in [6.07, 6.45) is 3.25. The van der Waals surface area contributed by atoms with Crippen LogP contribution in [0.15, 0.2) is 35.3 Å². The van der Waals surface area contributed by atoms with Gasteiger partial charge in [0, 0.05) is 49.6 Å². The van der Waals surface area contributed by atoms with Crippen molar-refractivity contribution in [3.05, 3.63) is 51.5 Å². The molecule has 1 saturated heterocycles. The number of piperidine rings is 1. The molecule has 1 aromatic carbocycles. The van der Waals surface area contributed by atoms with Crippen LogP contribution in [0.5, 0.6) is 0 Å². The first-order chi connectivity index (χ1) is 14.0. The molecule has 0 spiro atoms. The first kappa shape index (κ1) is 21.8. The zero-order valence-electron chi connectivity index (χ0n) is 18.2. The minimum absolute atomic E-state index is 0.474. The number of thiazole rings is 1. The molecule has 2 heterocycles. The second-order valence-corrected chi connectivity index (χ2v) is 9.21. The van der Waals surface area contributed by atoms with E-state index < -0.39 is 0 Å². The average Bonchev–Trinajstić information content (AvgIpc) is 3.02. The number of nitrogens with one attached hydrogen (secondary N) is 2. The third-order valence-electron chi connectivity index (χ3n) is 5.54. The van der Waals surface area contributed by atoms with E-state index in [4.69, 9.17) is 4.99 Å². The highest BCUT2D eigenvalue weighted by Gasteiger charge is 2.25. The van der Waals surface area contributed by atoms with Crippen LogP contribution in [0.2, 0.25) is 0 Å². The van der Waals surface area contributed by atoms with E-state index in [1.165, 1.54) is 10.4 Å². The molecule has 0 saturated carbocycles. The van der Waals surface area contributed by atoms with Gasteiger partial charge in [-0.3, -0.25) is 9.89 Å². The molecular weight excluding hydrogens is 378 g/mol. The van der Waals surface area contributed by atoms with Gasteiger partial charge in [-0.2, -0.15) is 0 Å². The van der Waals surface area contributed by atoms with E-state index in [-0.39, 0.29) is 0 Å². The molecule has 1 aliphatic heterocycles. The molecule has 0 radical (unpaired) electrons. The number of benzene rings is 1. The van der Waals surface area contributed by atoms with E-state index in [9.17, 15) is 0 Å². The lowest BCUT2D eigenvalue weighted by molar-refractivity contribution is 0.134. The van der Waals surface area contributed by atoms with Crippen LogP contribution in [0.25, 0.3) is 0 Å². The van der Waals surface area contributed by atoms with E-state index >= 15 is 0 Å². The Kier molecular flexibility index (Phi) is 8.07. The molecule has 2 atom stereocenters. The first-order valence-corrected chi connectivity index (χ1v) is 11.6. The minimum atomic E-state index is 0.474. The highest BCUT2D eigenvalue weighted by atomic mass is 32.1. The molecule has 2 unspecified atom stereocenters. The third-order valence-corrected chi connectivity index (χ3v) is 6.67. The van der Waals surface area contributed by atoms with Gasteiger partial charge in [-0.1, -0.05) is 30.3 Å². The summed E-state index contributed by atoms with van der Waals surface area (Å²) in [6.45, 7) is 12.5. The van der Waals surface area contributed by atoms with Gasteiger partial charge in [0.15, 0.2) is 5.96 Å². The molecule has 1 fully saturated rings. The number of aryl methyl sites for hydroxylation is 2. The lowest BCUT2D eigenvalue weighted by Crippen LogP contribution is -2.51. The van der Waals surface area contributed by atoms with Gasteiger partial charge in [0.05, 0.1) is 10.7 Å². The Balaban J connectivity index is 1.50. The molecule has 1 aromatic heterocycles. The summed E-state index contributed by atoms with van der Waals surface area (Å²) in [5.74, 6) is 0.945. The van der Waals surface area contributed by atoms with Crippen molar-refractivity contribution in [1.29, 1.82) is 0 Å². The van der Waals surface area contributed by atoms with Gasteiger partial charge in [0.2, 0.25) is 0 Å². The molecule has 0 aliphatic carbocycles. The SMILES string of the molecule is CCNC(=NCCc1sc(C)nc1C)NC1CCN(Cc2ccccc2)C(C)C1. The second kappa shape index (κ2) is 10.7. The molecule has 1 aliphatic rings. The van der Waals surface area contributed by atoms with Crippen LogP contribution in [-0.4, -0.2) is 47.6 Å². The Morgan fingerprint density at radius 2 is 2.07 bits per heavy atom. The Hall–Kier alpha value is -1.92. The lowest BCUT2D eigenvalue weighted by atomic mass is 9.97. The lowest BCUT2D eigenvalue weighted by Gasteiger charge is -2.38. The van der Waals surface area contributed by atoms with Crippen molar-refractivity contribution in [2.24, 2.45) is 4.99 Å². The van der Waals surface area contributed by atoms with Gasteiger partial charge in [-0.15, -0.1) is 11.3 Å². The zero-order valence-corrected chi connectivity index (χ0v) is 19.1. The molecule has 0 bridgehead atoms. The number of hydrogen-bond acceptors (Lipinski definition) is 4. The molecule has 5 nitrogen and oxygen atoms in total. The number of hydrogen-bond donors (Lipinski definition) is 2. The summed E-state index contributed by atoms with van der Waals surface area (Å²) in [4.78, 5) is 13.3. The van der Waals surface area contributed by atoms with E-state index in [2.05, 4.69) is 78.5 Å². The van der Waals surface area contributed by atoms with Crippen LogP contribution in [0.1, 0.15) is 47.8 Å². The van der Waals surface area contributed by atoms with Gasteiger partial charge in [-0.05, 0) is 46.1 Å². The van der Waals surface area contributed by atoms with Gasteiger partial charge >= 0.3 is 0 Å². The van der Waals surface area contributed by atoms with Crippen LogP contribution >= 0.6 is 11.3 Å². The maximum absolute atomic E-state index is 4.82. The molecule has 158 valence electrons. The van der Waals surface area contributed by atoms with Crippen LogP contribution in [-0.2, 0) is 13.0 Å². The predicted octanol–water partition coefficient (Wildman–Crippen LogP) is 3.91. The fraction of sp³-hybridized carbons (Fsp3) is 0.565. The number of rotatable bonds is 7. The van der Waals surface area contributed by atoms with Crippen LogP contribution in [0.3, 0.4) is 0 Å². The Labute approximate surface area is 179 Å². The number of likely N-dealkylation sites (tertiary alicyclic amines) is 1. The largest absolute Gasteiger partial charge is 0.357 e. The molecule has 3 rings (SSSR count). The Morgan fingerprint density at radius 3 is 2.72 bits per heavy atom. The second-order valence-electron chi connectivity index (χ2n) is 7.92. The topological polar surface area (TPSA) is 52.6 Å². The van der Waals surface area contributed by atoms with E-state index in [0.717, 1.165) is 62.1 Å². The average molecular weight is 414 g/mol. The predicted molar refractivity (Wildman–Crippen MR) is 124 cm³/mol. The number of aliphatic imine (C=N–C) groups is 1. The van der Waals surface area contributed by atoms with Crippen molar-refractivity contribution >= 4 is 17.3 Å². The third kappa shape index (κ3) is 6.54. The van der Waals surface area contributed by atoms with Crippen molar-refractivity contribution in [2.75, 3.05) is 19.6 Å². The van der Waals surface area contributed by atoms with Crippen molar-refractivity contribution < 1.29 is 0 Å². The van der Waals surface area contributed by atoms with E-state index in [1.807, 2.05) is 0 Å². The highest BCUT2D eigenvalue weighted by Crippen LogP contribution is 2.20.